The molecular formula is C18H20N2O5S2. The third-order valence-corrected chi connectivity index (χ3v) is 7.74. The number of primary amides is 1. The van der Waals surface area contributed by atoms with Gasteiger partial charge in [-0.1, -0.05) is 36.4 Å². The maximum absolute atomic E-state index is 12.5. The summed E-state index contributed by atoms with van der Waals surface area (Å²) in [5, 5.41) is 1.71. The Labute approximate surface area is 161 Å². The molecule has 2 N–H and O–H groups in total. The number of benzene rings is 1. The van der Waals surface area contributed by atoms with E-state index < -0.39 is 33.9 Å². The van der Waals surface area contributed by atoms with Gasteiger partial charge in [0.1, 0.15) is 4.21 Å². The van der Waals surface area contributed by atoms with E-state index in [0.717, 1.165) is 0 Å². The minimum atomic E-state index is -3.52. The van der Waals surface area contributed by atoms with Crippen molar-refractivity contribution in [3.05, 3.63) is 53.4 Å². The number of nitrogens with zero attached hydrogens (tertiary/aromatic N) is 1. The van der Waals surface area contributed by atoms with Crippen LogP contribution in [0.15, 0.2) is 52.1 Å². The minimum absolute atomic E-state index is 0.229. The Morgan fingerprint density at radius 2 is 1.78 bits per heavy atom. The molecule has 1 aliphatic heterocycles. The molecule has 7 nitrogen and oxygen atoms in total. The molecule has 2 heterocycles. The molecular weight excluding hydrogens is 388 g/mol. The molecule has 9 heteroatoms. The molecule has 2 aromatic rings. The number of thiophene rings is 1. The Morgan fingerprint density at radius 3 is 2.33 bits per heavy atom. The van der Waals surface area contributed by atoms with Crippen LogP contribution in [0.4, 0.5) is 0 Å². The van der Waals surface area contributed by atoms with Gasteiger partial charge in [0.15, 0.2) is 0 Å². The summed E-state index contributed by atoms with van der Waals surface area (Å²) in [7, 11) is -3.52. The third-order valence-electron chi connectivity index (χ3n) is 4.47. The number of sulfonamides is 1. The molecule has 1 atom stereocenters. The first-order chi connectivity index (χ1) is 12.9. The summed E-state index contributed by atoms with van der Waals surface area (Å²) in [5.74, 6) is -1.74. The van der Waals surface area contributed by atoms with E-state index in [1.54, 1.807) is 47.8 Å². The van der Waals surface area contributed by atoms with Crippen molar-refractivity contribution in [2.24, 2.45) is 11.7 Å². The summed E-state index contributed by atoms with van der Waals surface area (Å²) < 4.78 is 32.1. The van der Waals surface area contributed by atoms with Crippen molar-refractivity contribution >= 4 is 33.2 Å². The molecule has 144 valence electrons. The molecule has 27 heavy (non-hydrogen) atoms. The second-order valence-electron chi connectivity index (χ2n) is 6.24. The second-order valence-corrected chi connectivity index (χ2v) is 9.35. The molecule has 0 spiro atoms. The van der Waals surface area contributed by atoms with Gasteiger partial charge in [-0.3, -0.25) is 9.59 Å². The van der Waals surface area contributed by atoms with Crippen molar-refractivity contribution in [2.45, 2.75) is 23.2 Å². The van der Waals surface area contributed by atoms with Crippen LogP contribution >= 0.6 is 11.3 Å². The Balaban J connectivity index is 1.62. The minimum Gasteiger partial charge on any atom is -0.447 e. The zero-order chi connectivity index (χ0) is 19.4. The number of hydrogen-bond donors (Lipinski definition) is 1. The van der Waals surface area contributed by atoms with Gasteiger partial charge < -0.3 is 10.5 Å². The zero-order valence-electron chi connectivity index (χ0n) is 14.5. The fourth-order valence-electron chi connectivity index (χ4n) is 3.00. The number of piperidine rings is 1. The van der Waals surface area contributed by atoms with Crippen LogP contribution in [-0.2, 0) is 24.3 Å². The van der Waals surface area contributed by atoms with Crippen LogP contribution in [0.1, 0.15) is 24.5 Å². The molecule has 1 saturated heterocycles. The van der Waals surface area contributed by atoms with Crippen molar-refractivity contribution in [3.8, 4) is 0 Å². The summed E-state index contributed by atoms with van der Waals surface area (Å²) in [6.07, 6.45) is -0.473. The van der Waals surface area contributed by atoms with Crippen LogP contribution in [0.2, 0.25) is 0 Å². The fraction of sp³-hybridized carbons (Fsp3) is 0.333. The normalized spacial score (nSPS) is 17.3. The lowest BCUT2D eigenvalue weighted by atomic mass is 9.98. The Hall–Kier alpha value is -2.23. The largest absolute Gasteiger partial charge is 0.447 e. The van der Waals surface area contributed by atoms with Gasteiger partial charge >= 0.3 is 5.97 Å². The van der Waals surface area contributed by atoms with Crippen molar-refractivity contribution in [1.29, 1.82) is 0 Å². The molecule has 3 rings (SSSR count). The van der Waals surface area contributed by atoms with E-state index in [9.17, 15) is 18.0 Å². The van der Waals surface area contributed by atoms with E-state index in [1.165, 1.54) is 15.6 Å². The summed E-state index contributed by atoms with van der Waals surface area (Å²) in [4.78, 5) is 24.2. The highest BCUT2D eigenvalue weighted by atomic mass is 32.2. The zero-order valence-corrected chi connectivity index (χ0v) is 16.1. The molecule has 0 aliphatic carbocycles. The average molecular weight is 409 g/mol. The van der Waals surface area contributed by atoms with Crippen LogP contribution in [0, 0.1) is 5.92 Å². The van der Waals surface area contributed by atoms with Gasteiger partial charge in [-0.05, 0) is 24.3 Å². The quantitative estimate of drug-likeness (QED) is 0.735. The smallest absolute Gasteiger partial charge is 0.310 e. The first kappa shape index (κ1) is 19.5. The van der Waals surface area contributed by atoms with Gasteiger partial charge in [0.05, 0.1) is 5.92 Å². The number of amides is 1. The van der Waals surface area contributed by atoms with E-state index in [4.69, 9.17) is 10.5 Å². The number of carbonyl (C=O) groups excluding carboxylic acids is 2. The molecule has 1 aliphatic rings. The van der Waals surface area contributed by atoms with Gasteiger partial charge in [-0.2, -0.15) is 4.31 Å². The Bertz CT molecular complexity index is 889. The molecule has 1 fully saturated rings. The van der Waals surface area contributed by atoms with Gasteiger partial charge in [0.25, 0.3) is 15.9 Å². The monoisotopic (exact) mass is 408 g/mol. The molecule has 0 bridgehead atoms. The number of hydrogen-bond acceptors (Lipinski definition) is 6. The highest BCUT2D eigenvalue weighted by Gasteiger charge is 2.35. The van der Waals surface area contributed by atoms with Crippen molar-refractivity contribution in [1.82, 2.24) is 4.31 Å². The highest BCUT2D eigenvalue weighted by Crippen LogP contribution is 2.28. The van der Waals surface area contributed by atoms with E-state index in [-0.39, 0.29) is 13.1 Å². The topological polar surface area (TPSA) is 107 Å². The Morgan fingerprint density at radius 1 is 1.11 bits per heavy atom. The SMILES string of the molecule is NC(=O)[C@H](OC(=O)C1CCN(S(=O)(=O)c2cccs2)CC1)c1ccccc1. The summed E-state index contributed by atoms with van der Waals surface area (Å²) in [6.45, 7) is 0.457. The van der Waals surface area contributed by atoms with E-state index in [2.05, 4.69) is 0 Å². The van der Waals surface area contributed by atoms with Gasteiger partial charge in [-0.25, -0.2) is 8.42 Å². The number of ether oxygens (including phenoxy) is 1. The highest BCUT2D eigenvalue weighted by molar-refractivity contribution is 7.91. The van der Waals surface area contributed by atoms with E-state index in [0.29, 0.717) is 22.6 Å². The van der Waals surface area contributed by atoms with Crippen molar-refractivity contribution < 1.29 is 22.7 Å². The van der Waals surface area contributed by atoms with E-state index >= 15 is 0 Å². The van der Waals surface area contributed by atoms with Gasteiger partial charge in [0, 0.05) is 18.7 Å². The van der Waals surface area contributed by atoms with Crippen LogP contribution in [0.25, 0.3) is 0 Å². The molecule has 0 radical (unpaired) electrons. The summed E-state index contributed by atoms with van der Waals surface area (Å²) in [6, 6.07) is 11.8. The van der Waals surface area contributed by atoms with Gasteiger partial charge in [-0.15, -0.1) is 11.3 Å². The van der Waals surface area contributed by atoms with Gasteiger partial charge in [0.2, 0.25) is 6.10 Å². The van der Waals surface area contributed by atoms with Crippen LogP contribution < -0.4 is 5.73 Å². The standard InChI is InChI=1S/C18H20N2O5S2/c19-17(21)16(13-5-2-1-3-6-13)25-18(22)14-8-10-20(11-9-14)27(23,24)15-7-4-12-26-15/h1-7,12,14,16H,8-11H2,(H2,19,21)/t16-/m1/s1. The fourth-order valence-corrected chi connectivity index (χ4v) is 5.61. The van der Waals surface area contributed by atoms with Crippen molar-refractivity contribution in [3.63, 3.8) is 0 Å². The molecule has 0 saturated carbocycles. The lowest BCUT2D eigenvalue weighted by Gasteiger charge is -2.30. The molecule has 0 unspecified atom stereocenters. The lowest BCUT2D eigenvalue weighted by molar-refractivity contribution is -0.160. The average Bonchev–Trinajstić information content (AvgIpc) is 3.22. The molecule has 1 aromatic heterocycles. The van der Waals surface area contributed by atoms with Crippen molar-refractivity contribution in [2.75, 3.05) is 13.1 Å². The first-order valence-electron chi connectivity index (χ1n) is 8.48. The number of carbonyl (C=O) groups is 2. The number of rotatable bonds is 6. The van der Waals surface area contributed by atoms with E-state index in [1.807, 2.05) is 0 Å². The maximum atomic E-state index is 12.5. The predicted octanol–water partition coefficient (Wildman–Crippen LogP) is 1.92. The first-order valence-corrected chi connectivity index (χ1v) is 10.8. The Kier molecular flexibility index (Phi) is 5.93. The molecule has 1 aromatic carbocycles. The lowest BCUT2D eigenvalue weighted by Crippen LogP contribution is -2.41. The van der Waals surface area contributed by atoms with Crippen LogP contribution in [0.3, 0.4) is 0 Å². The number of esters is 1. The number of nitrogens with two attached hydrogens (primary N) is 1. The van der Waals surface area contributed by atoms with Crippen LogP contribution in [0.5, 0.6) is 0 Å². The summed E-state index contributed by atoms with van der Waals surface area (Å²) in [5.41, 5.74) is 5.89. The predicted molar refractivity (Wildman–Crippen MR) is 100 cm³/mol. The van der Waals surface area contributed by atoms with Crippen LogP contribution in [-0.4, -0.2) is 37.7 Å². The molecule has 1 amide bonds. The maximum Gasteiger partial charge on any atom is 0.310 e. The summed E-state index contributed by atoms with van der Waals surface area (Å²) >= 11 is 1.17. The second kappa shape index (κ2) is 8.20. The third kappa shape index (κ3) is 4.37.